The van der Waals surface area contributed by atoms with Crippen LogP contribution < -0.4 is 5.73 Å². The molecule has 0 saturated heterocycles. The van der Waals surface area contributed by atoms with Crippen LogP contribution in [0.25, 0.3) is 0 Å². The molecule has 2 heteroatoms. The number of nitrogens with zero attached hydrogens (tertiary/aromatic N) is 1. The van der Waals surface area contributed by atoms with Crippen molar-refractivity contribution in [2.24, 2.45) is 10.7 Å². The molecule has 0 spiro atoms. The highest BCUT2D eigenvalue weighted by Gasteiger charge is 1.83. The van der Waals surface area contributed by atoms with Gasteiger partial charge in [-0.3, -0.25) is 4.99 Å². The molecule has 0 rings (SSSR count). The predicted molar refractivity (Wildman–Crippen MR) is 51.2 cm³/mol. The Morgan fingerprint density at radius 2 is 2.09 bits per heavy atom. The lowest BCUT2D eigenvalue weighted by Gasteiger charge is -1.93. The van der Waals surface area contributed by atoms with Gasteiger partial charge in [-0.05, 0) is 32.0 Å². The Morgan fingerprint density at radius 3 is 2.73 bits per heavy atom. The molecule has 0 amide bonds. The van der Waals surface area contributed by atoms with Gasteiger partial charge in [-0.1, -0.05) is 19.8 Å². The Kier molecular flexibility index (Phi) is 9.31. The molecule has 0 radical (unpaired) electrons. The summed E-state index contributed by atoms with van der Waals surface area (Å²) in [5.41, 5.74) is 5.35. The van der Waals surface area contributed by atoms with Gasteiger partial charge in [0.2, 0.25) is 0 Å². The molecule has 0 saturated carbocycles. The van der Waals surface area contributed by atoms with Crippen LogP contribution in [0.2, 0.25) is 0 Å². The molecule has 0 heterocycles. The quantitative estimate of drug-likeness (QED) is 0.444. The summed E-state index contributed by atoms with van der Waals surface area (Å²) in [5.74, 6) is 0. The van der Waals surface area contributed by atoms with Crippen molar-refractivity contribution in [3.63, 3.8) is 0 Å². The Balaban J connectivity index is 2.89. The van der Waals surface area contributed by atoms with Gasteiger partial charge in [-0.25, -0.2) is 0 Å². The van der Waals surface area contributed by atoms with Crippen LogP contribution in [0.1, 0.15) is 39.0 Å². The molecule has 11 heavy (non-hydrogen) atoms. The fourth-order valence-electron chi connectivity index (χ4n) is 0.836. The van der Waals surface area contributed by atoms with E-state index in [1.54, 1.807) is 0 Å². The fraction of sp³-hybridized carbons (Fsp3) is 0.889. The minimum absolute atomic E-state index is 0.818. The van der Waals surface area contributed by atoms with E-state index in [0.717, 1.165) is 25.9 Å². The van der Waals surface area contributed by atoms with Gasteiger partial charge in [-0.2, -0.15) is 0 Å². The summed E-state index contributed by atoms with van der Waals surface area (Å²) in [4.78, 5) is 4.27. The second-order valence-corrected chi connectivity index (χ2v) is 2.73. The third-order valence-corrected chi connectivity index (χ3v) is 1.54. The molecule has 2 nitrogen and oxygen atoms in total. The van der Waals surface area contributed by atoms with Gasteiger partial charge in [0.1, 0.15) is 0 Å². The zero-order valence-electron chi connectivity index (χ0n) is 7.55. The zero-order valence-corrected chi connectivity index (χ0v) is 7.55. The molecule has 0 bridgehead atoms. The van der Waals surface area contributed by atoms with Crippen LogP contribution in [0.4, 0.5) is 0 Å². The van der Waals surface area contributed by atoms with Crippen molar-refractivity contribution in [3.05, 3.63) is 0 Å². The number of hydrogen-bond acceptors (Lipinski definition) is 2. The van der Waals surface area contributed by atoms with Crippen LogP contribution in [0.5, 0.6) is 0 Å². The SMILES string of the molecule is CCCC=NCCCCCN. The van der Waals surface area contributed by atoms with E-state index < -0.39 is 0 Å². The van der Waals surface area contributed by atoms with Gasteiger partial charge in [-0.15, -0.1) is 0 Å². The van der Waals surface area contributed by atoms with Crippen LogP contribution in [0, 0.1) is 0 Å². The predicted octanol–water partition coefficient (Wildman–Crippen LogP) is 1.99. The van der Waals surface area contributed by atoms with E-state index in [-0.39, 0.29) is 0 Å². The molecule has 0 aromatic heterocycles. The molecule has 66 valence electrons. The second-order valence-electron chi connectivity index (χ2n) is 2.73. The summed E-state index contributed by atoms with van der Waals surface area (Å²) in [5, 5.41) is 0. The van der Waals surface area contributed by atoms with Gasteiger partial charge in [0.25, 0.3) is 0 Å². The van der Waals surface area contributed by atoms with E-state index in [1.165, 1.54) is 19.3 Å². The maximum absolute atomic E-state index is 5.35. The van der Waals surface area contributed by atoms with E-state index in [0.29, 0.717) is 0 Å². The molecule has 0 aromatic carbocycles. The minimum atomic E-state index is 0.818. The first kappa shape index (κ1) is 10.6. The van der Waals surface area contributed by atoms with Crippen LogP contribution in [-0.2, 0) is 0 Å². The first-order chi connectivity index (χ1) is 5.41. The average Bonchev–Trinajstić information content (AvgIpc) is 2.03. The summed E-state index contributed by atoms with van der Waals surface area (Å²) in [6.45, 7) is 3.97. The monoisotopic (exact) mass is 156 g/mol. The summed E-state index contributed by atoms with van der Waals surface area (Å²) in [6.07, 6.45) is 7.91. The van der Waals surface area contributed by atoms with E-state index >= 15 is 0 Å². The van der Waals surface area contributed by atoms with E-state index in [1.807, 2.05) is 6.21 Å². The standard InChI is InChI=1S/C9H20N2/c1-2-3-8-11-9-6-4-5-7-10/h8H,2-7,9-10H2,1H3. The molecular formula is C9H20N2. The highest BCUT2D eigenvalue weighted by Crippen LogP contribution is 1.93. The van der Waals surface area contributed by atoms with Gasteiger partial charge in [0, 0.05) is 6.54 Å². The summed E-state index contributed by atoms with van der Waals surface area (Å²) < 4.78 is 0. The summed E-state index contributed by atoms with van der Waals surface area (Å²) in [7, 11) is 0. The molecule has 0 fully saturated rings. The third kappa shape index (κ3) is 9.63. The van der Waals surface area contributed by atoms with Crippen molar-refractivity contribution in [2.75, 3.05) is 13.1 Å². The fourth-order valence-corrected chi connectivity index (χ4v) is 0.836. The van der Waals surface area contributed by atoms with E-state index in [4.69, 9.17) is 5.73 Å². The van der Waals surface area contributed by atoms with Crippen LogP contribution in [-0.4, -0.2) is 19.3 Å². The maximum Gasteiger partial charge on any atom is 0.0385 e. The van der Waals surface area contributed by atoms with Crippen LogP contribution in [0.3, 0.4) is 0 Å². The molecule has 0 aliphatic rings. The molecule has 0 aromatic rings. The zero-order chi connectivity index (χ0) is 8.36. The maximum atomic E-state index is 5.35. The largest absolute Gasteiger partial charge is 0.330 e. The third-order valence-electron chi connectivity index (χ3n) is 1.54. The number of unbranched alkanes of at least 4 members (excludes halogenated alkanes) is 3. The first-order valence-corrected chi connectivity index (χ1v) is 4.60. The van der Waals surface area contributed by atoms with Gasteiger partial charge >= 0.3 is 0 Å². The van der Waals surface area contributed by atoms with E-state index in [9.17, 15) is 0 Å². The second kappa shape index (κ2) is 9.63. The first-order valence-electron chi connectivity index (χ1n) is 4.60. The lowest BCUT2D eigenvalue weighted by atomic mass is 10.2. The van der Waals surface area contributed by atoms with E-state index in [2.05, 4.69) is 11.9 Å². The highest BCUT2D eigenvalue weighted by molar-refractivity contribution is 5.56. The van der Waals surface area contributed by atoms with Crippen LogP contribution in [0.15, 0.2) is 4.99 Å². The molecule has 0 unspecified atom stereocenters. The Hall–Kier alpha value is -0.370. The van der Waals surface area contributed by atoms with Crippen LogP contribution >= 0.6 is 0 Å². The Morgan fingerprint density at radius 1 is 1.27 bits per heavy atom. The van der Waals surface area contributed by atoms with Crippen molar-refractivity contribution in [3.8, 4) is 0 Å². The van der Waals surface area contributed by atoms with Gasteiger partial charge in [0.05, 0.1) is 0 Å². The number of rotatable bonds is 7. The lowest BCUT2D eigenvalue weighted by molar-refractivity contribution is 0.695. The molecule has 0 atom stereocenters. The molecular weight excluding hydrogens is 136 g/mol. The van der Waals surface area contributed by atoms with Crippen molar-refractivity contribution in [1.82, 2.24) is 0 Å². The number of hydrogen-bond donors (Lipinski definition) is 1. The summed E-state index contributed by atoms with van der Waals surface area (Å²) in [6, 6.07) is 0. The average molecular weight is 156 g/mol. The number of aliphatic imine (C=N–C) groups is 1. The molecule has 0 aliphatic heterocycles. The smallest absolute Gasteiger partial charge is 0.0385 e. The van der Waals surface area contributed by atoms with Gasteiger partial charge < -0.3 is 5.73 Å². The Bertz CT molecular complexity index is 89.6. The van der Waals surface area contributed by atoms with Crippen molar-refractivity contribution in [2.45, 2.75) is 39.0 Å². The minimum Gasteiger partial charge on any atom is -0.330 e. The lowest BCUT2D eigenvalue weighted by Crippen LogP contribution is -1.98. The molecule has 2 N–H and O–H groups in total. The van der Waals surface area contributed by atoms with Crippen molar-refractivity contribution >= 4 is 6.21 Å². The molecule has 0 aliphatic carbocycles. The Labute approximate surface area is 69.9 Å². The summed E-state index contributed by atoms with van der Waals surface area (Å²) >= 11 is 0. The van der Waals surface area contributed by atoms with Crippen molar-refractivity contribution < 1.29 is 0 Å². The highest BCUT2D eigenvalue weighted by atomic mass is 14.7. The topological polar surface area (TPSA) is 38.4 Å². The number of nitrogens with two attached hydrogens (primary N) is 1. The van der Waals surface area contributed by atoms with Gasteiger partial charge in [0.15, 0.2) is 0 Å². The van der Waals surface area contributed by atoms with Crippen molar-refractivity contribution in [1.29, 1.82) is 0 Å². The normalized spacial score (nSPS) is 11.1.